The molecule has 6 heteroatoms. The average molecular weight is 175 g/mol. The van der Waals surface area contributed by atoms with Gasteiger partial charge in [-0.05, 0) is 11.6 Å². The largest absolute Gasteiger partial charge is 0.418 e. The molecular weight excluding hydrogens is 170 g/mol. The third-order valence-corrected chi connectivity index (χ3v) is 3.03. The van der Waals surface area contributed by atoms with E-state index >= 15 is 0 Å². The van der Waals surface area contributed by atoms with Gasteiger partial charge >= 0.3 is 14.3 Å². The summed E-state index contributed by atoms with van der Waals surface area (Å²) in [6.07, 6.45) is 0. The summed E-state index contributed by atoms with van der Waals surface area (Å²) < 4.78 is 33.1. The van der Waals surface area contributed by atoms with E-state index in [4.69, 9.17) is 0 Å². The first kappa shape index (κ1) is 7.39. The Morgan fingerprint density at radius 2 is 1.78 bits per heavy atom. The summed E-state index contributed by atoms with van der Waals surface area (Å²) in [7, 11) is -2.84. The van der Waals surface area contributed by atoms with Gasteiger partial charge in [0.1, 0.15) is 0 Å². The van der Waals surface area contributed by atoms with Gasteiger partial charge in [0.2, 0.25) is 0 Å². The Balaban J connectivity index is 2.42. The Hall–Kier alpha value is 0.287. The molecule has 0 aromatic carbocycles. The fraction of sp³-hybridized carbons (Fsp3) is 1.00. The molecule has 2 nitrogen and oxygen atoms in total. The van der Waals surface area contributed by atoms with Gasteiger partial charge in [-0.3, -0.25) is 0 Å². The van der Waals surface area contributed by atoms with Crippen molar-refractivity contribution >= 4 is 20.9 Å². The van der Waals surface area contributed by atoms with Crippen LogP contribution in [-0.2, 0) is 8.85 Å². The molecule has 0 N–H and O–H groups in total. The molecular formula is C3H5ClF2O2Si. The molecule has 0 bridgehead atoms. The van der Waals surface area contributed by atoms with Gasteiger partial charge in [-0.1, -0.05) is 0 Å². The molecule has 1 aliphatic heterocycles. The molecule has 1 fully saturated rings. The molecule has 1 heterocycles. The molecule has 0 atom stereocenters. The molecule has 54 valence electrons. The Kier molecular flexibility index (Phi) is 2.05. The van der Waals surface area contributed by atoms with Crippen molar-refractivity contribution in [1.82, 2.24) is 0 Å². The van der Waals surface area contributed by atoms with Crippen molar-refractivity contribution in [3.8, 4) is 0 Å². The van der Waals surface area contributed by atoms with Crippen molar-refractivity contribution in [2.45, 2.75) is 5.00 Å². The zero-order chi connectivity index (χ0) is 6.91. The fourth-order valence-corrected chi connectivity index (χ4v) is 2.02. The first-order chi connectivity index (χ1) is 4.11. The van der Waals surface area contributed by atoms with Crippen LogP contribution in [0.4, 0.5) is 8.78 Å². The van der Waals surface area contributed by atoms with Crippen LogP contribution in [0.3, 0.4) is 0 Å². The van der Waals surface area contributed by atoms with Crippen LogP contribution >= 0.6 is 11.6 Å². The predicted molar refractivity (Wildman–Crippen MR) is 29.9 cm³/mol. The van der Waals surface area contributed by atoms with E-state index in [0.29, 0.717) is 0 Å². The van der Waals surface area contributed by atoms with E-state index in [0.717, 1.165) is 0 Å². The maximum Gasteiger partial charge on any atom is 0.418 e. The second-order valence-corrected chi connectivity index (χ2v) is 4.54. The highest BCUT2D eigenvalue weighted by Gasteiger charge is 2.45. The SMILES string of the molecule is FC(F)(Cl)[SiH]1OCCO1. The van der Waals surface area contributed by atoms with E-state index in [9.17, 15) is 8.78 Å². The van der Waals surface area contributed by atoms with Crippen LogP contribution < -0.4 is 0 Å². The van der Waals surface area contributed by atoms with Crippen LogP contribution in [0, 0.1) is 0 Å². The fourth-order valence-electron chi connectivity index (χ4n) is 0.547. The number of halogens is 3. The molecule has 9 heavy (non-hydrogen) atoms. The summed E-state index contributed by atoms with van der Waals surface area (Å²) in [6, 6.07) is 0. The summed E-state index contributed by atoms with van der Waals surface area (Å²) in [5, 5.41) is -3.25. The molecule has 0 aliphatic carbocycles. The van der Waals surface area contributed by atoms with Crippen LogP contribution in [0.5, 0.6) is 0 Å². The molecule has 1 rings (SSSR count). The van der Waals surface area contributed by atoms with Gasteiger partial charge in [-0.15, -0.1) is 0 Å². The molecule has 0 unspecified atom stereocenters. The normalized spacial score (nSPS) is 23.0. The average Bonchev–Trinajstić information content (AvgIpc) is 2.08. The number of rotatable bonds is 1. The van der Waals surface area contributed by atoms with Crippen molar-refractivity contribution in [1.29, 1.82) is 0 Å². The summed E-state index contributed by atoms with van der Waals surface area (Å²) in [5.41, 5.74) is 0. The smallest absolute Gasteiger partial charge is 0.390 e. The first-order valence-electron chi connectivity index (χ1n) is 2.40. The minimum atomic E-state index is -3.25. The van der Waals surface area contributed by atoms with Gasteiger partial charge in [-0.25, -0.2) is 0 Å². The van der Waals surface area contributed by atoms with E-state index in [1.54, 1.807) is 0 Å². The van der Waals surface area contributed by atoms with Crippen molar-refractivity contribution in [3.63, 3.8) is 0 Å². The lowest BCUT2D eigenvalue weighted by molar-refractivity contribution is 0.133. The minimum Gasteiger partial charge on any atom is -0.390 e. The molecule has 1 aliphatic rings. The van der Waals surface area contributed by atoms with Crippen molar-refractivity contribution in [3.05, 3.63) is 0 Å². The van der Waals surface area contributed by atoms with Gasteiger partial charge in [0.05, 0.1) is 13.2 Å². The molecule has 0 radical (unpaired) electrons. The molecule has 0 spiro atoms. The van der Waals surface area contributed by atoms with Crippen LogP contribution in [0.25, 0.3) is 0 Å². The van der Waals surface area contributed by atoms with Gasteiger partial charge in [0.15, 0.2) is 0 Å². The third kappa shape index (κ3) is 1.86. The van der Waals surface area contributed by atoms with Crippen LogP contribution in [0.15, 0.2) is 0 Å². The van der Waals surface area contributed by atoms with E-state index < -0.39 is 14.3 Å². The monoisotopic (exact) mass is 174 g/mol. The highest BCUT2D eigenvalue weighted by Crippen LogP contribution is 2.25. The van der Waals surface area contributed by atoms with Crippen molar-refractivity contribution in [2.75, 3.05) is 13.2 Å². The van der Waals surface area contributed by atoms with E-state index in [-0.39, 0.29) is 13.2 Å². The first-order valence-corrected chi connectivity index (χ1v) is 4.30. The Morgan fingerprint density at radius 3 is 2.00 bits per heavy atom. The summed E-state index contributed by atoms with van der Waals surface area (Å²) in [6.45, 7) is 0.498. The lowest BCUT2D eigenvalue weighted by Gasteiger charge is -2.10. The Labute approximate surface area is 57.5 Å². The zero-order valence-electron chi connectivity index (χ0n) is 4.44. The lowest BCUT2D eigenvalue weighted by Crippen LogP contribution is -2.34. The molecule has 0 saturated carbocycles. The van der Waals surface area contributed by atoms with Gasteiger partial charge in [0.25, 0.3) is 0 Å². The predicted octanol–water partition coefficient (Wildman–Crippen LogP) is 0.624. The molecule has 0 aromatic rings. The second kappa shape index (κ2) is 2.49. The number of hydrogen-bond acceptors (Lipinski definition) is 2. The second-order valence-electron chi connectivity index (χ2n) is 1.62. The summed E-state index contributed by atoms with van der Waals surface area (Å²) in [4.78, 5) is 0. The van der Waals surface area contributed by atoms with Gasteiger partial charge in [0, 0.05) is 0 Å². The van der Waals surface area contributed by atoms with Gasteiger partial charge < -0.3 is 8.85 Å². The number of hydrogen-bond donors (Lipinski definition) is 0. The van der Waals surface area contributed by atoms with Crippen LogP contribution in [0.2, 0.25) is 0 Å². The number of alkyl halides is 3. The Morgan fingerprint density at radius 1 is 1.33 bits per heavy atom. The van der Waals surface area contributed by atoms with E-state index in [1.165, 1.54) is 0 Å². The highest BCUT2D eigenvalue weighted by atomic mass is 35.5. The lowest BCUT2D eigenvalue weighted by atomic mass is 10.8. The van der Waals surface area contributed by atoms with E-state index in [2.05, 4.69) is 20.5 Å². The molecule has 0 amide bonds. The van der Waals surface area contributed by atoms with E-state index in [1.807, 2.05) is 0 Å². The maximum atomic E-state index is 12.0. The maximum absolute atomic E-state index is 12.0. The molecule has 1 saturated heterocycles. The summed E-state index contributed by atoms with van der Waals surface area (Å²) in [5.74, 6) is 0. The van der Waals surface area contributed by atoms with Crippen molar-refractivity contribution < 1.29 is 17.6 Å². The zero-order valence-corrected chi connectivity index (χ0v) is 6.35. The quantitative estimate of drug-likeness (QED) is 0.429. The van der Waals surface area contributed by atoms with Crippen molar-refractivity contribution in [2.24, 2.45) is 0 Å². The van der Waals surface area contributed by atoms with Crippen LogP contribution in [-0.4, -0.2) is 27.5 Å². The third-order valence-electron chi connectivity index (χ3n) is 0.889. The highest BCUT2D eigenvalue weighted by molar-refractivity contribution is 6.60. The van der Waals surface area contributed by atoms with Gasteiger partial charge in [-0.2, -0.15) is 8.78 Å². The minimum absolute atomic E-state index is 0.249. The molecule has 0 aromatic heterocycles. The Bertz CT molecular complexity index is 100. The summed E-state index contributed by atoms with van der Waals surface area (Å²) >= 11 is 4.62. The topological polar surface area (TPSA) is 18.5 Å². The standard InChI is InChI=1S/C3H5ClF2O2Si/c4-3(5,6)9-7-1-2-8-9/h9H,1-2H2. The van der Waals surface area contributed by atoms with Crippen LogP contribution in [0.1, 0.15) is 0 Å².